The fourth-order valence-corrected chi connectivity index (χ4v) is 10.7. The second-order valence-corrected chi connectivity index (χ2v) is 15.5. The van der Waals surface area contributed by atoms with Crippen LogP contribution in [0.5, 0.6) is 0 Å². The van der Waals surface area contributed by atoms with E-state index in [2.05, 4.69) is 28.8 Å². The number of piperidine rings is 1. The molecule has 3 aromatic rings. The highest BCUT2D eigenvalue weighted by atomic mass is 32.3. The molecule has 0 bridgehead atoms. The van der Waals surface area contributed by atoms with E-state index in [1.165, 1.54) is 4.31 Å². The minimum Gasteiger partial charge on any atom is -0.443 e. The molecule has 11 nitrogen and oxygen atoms in total. The van der Waals surface area contributed by atoms with E-state index in [1.807, 2.05) is 42.5 Å². The number of anilines is 1. The molecule has 1 unspecified atom stereocenters. The highest BCUT2D eigenvalue weighted by Crippen LogP contribution is 2.53. The summed E-state index contributed by atoms with van der Waals surface area (Å²) in [7, 11) is -7.37. The molecule has 44 heavy (non-hydrogen) atoms. The van der Waals surface area contributed by atoms with Gasteiger partial charge in [-0.25, -0.2) is 8.42 Å². The number of furan rings is 1. The summed E-state index contributed by atoms with van der Waals surface area (Å²) in [6.45, 7) is 4.54. The van der Waals surface area contributed by atoms with Gasteiger partial charge in [0.1, 0.15) is 10.3 Å². The molecule has 4 N–H and O–H groups in total. The highest BCUT2D eigenvalue weighted by Gasteiger charge is 2.52. The highest BCUT2D eigenvalue weighted by molar-refractivity contribution is 8.37. The molecule has 3 aliphatic rings. The lowest BCUT2D eigenvalue weighted by atomic mass is 9.74. The van der Waals surface area contributed by atoms with Crippen LogP contribution in [0.4, 0.5) is 5.69 Å². The molecule has 2 aromatic carbocycles. The molecule has 1 amide bonds. The first-order valence-corrected chi connectivity index (χ1v) is 17.4. The van der Waals surface area contributed by atoms with Gasteiger partial charge in [-0.15, -0.1) is 5.10 Å². The summed E-state index contributed by atoms with van der Waals surface area (Å²) in [5.74, 6) is 5.98. The van der Waals surface area contributed by atoms with E-state index in [-0.39, 0.29) is 35.4 Å². The predicted octanol–water partition coefficient (Wildman–Crippen LogP) is 4.00. The number of rotatable bonds is 5. The number of nitrogens with zero attached hydrogens (tertiary/aromatic N) is 4. The average molecular weight is 636 g/mol. The predicted molar refractivity (Wildman–Crippen MR) is 172 cm³/mol. The first kappa shape index (κ1) is 30.1. The van der Waals surface area contributed by atoms with Crippen LogP contribution < -0.4 is 10.0 Å². The molecule has 13 heteroatoms. The van der Waals surface area contributed by atoms with Gasteiger partial charge in [-0.05, 0) is 60.2 Å². The molecule has 0 aliphatic carbocycles. The van der Waals surface area contributed by atoms with Crippen molar-refractivity contribution >= 4 is 44.0 Å². The van der Waals surface area contributed by atoms with Gasteiger partial charge < -0.3 is 15.1 Å². The maximum absolute atomic E-state index is 14.0. The quantitative estimate of drug-likeness (QED) is 0.217. The van der Waals surface area contributed by atoms with Crippen LogP contribution in [0.3, 0.4) is 0 Å². The van der Waals surface area contributed by atoms with E-state index in [0.29, 0.717) is 43.9 Å². The Bertz CT molecular complexity index is 1800. The van der Waals surface area contributed by atoms with Crippen LogP contribution in [0.1, 0.15) is 52.3 Å². The van der Waals surface area contributed by atoms with Gasteiger partial charge in [0.2, 0.25) is 10.0 Å². The molecule has 0 radical (unpaired) electrons. The Kier molecular flexibility index (Phi) is 7.89. The van der Waals surface area contributed by atoms with Crippen LogP contribution in [0.15, 0.2) is 75.3 Å². The minimum absolute atomic E-state index is 0.0485. The average Bonchev–Trinajstić information content (AvgIpc) is 3.72. The number of fused-ring (bicyclic) bond motifs is 2. The number of hydrogen-bond donors (Lipinski definition) is 3. The number of likely N-dealkylation sites (tertiary alicyclic amines) is 1. The molecular weight excluding hydrogens is 603 g/mol. The molecular formula is C31H33N5O6S2. The van der Waals surface area contributed by atoms with E-state index in [1.54, 1.807) is 23.1 Å². The third kappa shape index (κ3) is 5.44. The molecule has 230 valence electrons. The number of hydrogen-bond acceptors (Lipinski definition) is 9. The normalized spacial score (nSPS) is 22.0. The lowest BCUT2D eigenvalue weighted by Gasteiger charge is -2.39. The molecule has 2 saturated heterocycles. The largest absolute Gasteiger partial charge is 0.443 e. The molecule has 1 spiro atoms. The topological polar surface area (TPSA) is 162 Å². The van der Waals surface area contributed by atoms with Crippen molar-refractivity contribution in [1.82, 2.24) is 4.90 Å². The summed E-state index contributed by atoms with van der Waals surface area (Å²) in [5.41, 5.74) is 8.56. The molecule has 2 fully saturated rings. The third-order valence-corrected chi connectivity index (χ3v) is 12.8. The van der Waals surface area contributed by atoms with Gasteiger partial charge in [-0.3, -0.25) is 18.2 Å². The fraction of sp³-hybridized carbons (Fsp3) is 0.323. The number of carbonyl (C=O) groups is 1. The van der Waals surface area contributed by atoms with Gasteiger partial charge in [0.15, 0.2) is 11.5 Å². The zero-order valence-electron chi connectivity index (χ0n) is 23.9. The summed E-state index contributed by atoms with van der Waals surface area (Å²) in [6, 6.07) is 18.3. The lowest BCUT2D eigenvalue weighted by Crippen LogP contribution is -2.48. The number of carbonyl (C=O) groups excluding carboxylic acids is 1. The Morgan fingerprint density at radius 1 is 1.11 bits per heavy atom. The SMILES string of the molecule is C=NN=C1CC(S(=O)(=O)N2CC3(CCN(C(=O)c4ccc(C#Cc5ccccc5)o4)CC3)c3cc(CN)ccc32)CS1(O)O. The van der Waals surface area contributed by atoms with Gasteiger partial charge in [0, 0.05) is 50.3 Å². The van der Waals surface area contributed by atoms with Crippen LogP contribution in [0.25, 0.3) is 0 Å². The Labute approximate surface area is 257 Å². The number of nitrogens with two attached hydrogens (primary N) is 1. The molecule has 0 saturated carbocycles. The summed E-state index contributed by atoms with van der Waals surface area (Å²) in [5, 5.41) is 5.99. The van der Waals surface area contributed by atoms with Crippen molar-refractivity contribution in [3.63, 3.8) is 0 Å². The molecule has 6 rings (SSSR count). The smallest absolute Gasteiger partial charge is 0.289 e. The van der Waals surface area contributed by atoms with E-state index in [0.717, 1.165) is 16.7 Å². The van der Waals surface area contributed by atoms with Gasteiger partial charge in [-0.1, -0.05) is 36.3 Å². The number of sulfonamides is 1. The summed E-state index contributed by atoms with van der Waals surface area (Å²) < 4.78 is 56.2. The van der Waals surface area contributed by atoms with Crippen molar-refractivity contribution < 1.29 is 26.7 Å². The zero-order chi connectivity index (χ0) is 31.1. The standard InChI is InChI=1S/C31H33N5O6S2/c1-33-34-29-18-25(20-43(29,38)39)44(40,41)36-21-31(26-17-23(19-32)8-11-27(26)36)13-15-35(16-14-31)30(37)28-12-10-24(42-28)9-7-22-5-3-2-4-6-22/h2-6,8,10-12,17,25,38-39H,1,13-16,18-21,32H2. The van der Waals surface area contributed by atoms with Crippen molar-refractivity contribution in [3.05, 3.63) is 88.9 Å². The van der Waals surface area contributed by atoms with Gasteiger partial charge in [0.25, 0.3) is 5.91 Å². The van der Waals surface area contributed by atoms with Crippen LogP contribution in [0.2, 0.25) is 0 Å². The van der Waals surface area contributed by atoms with E-state index < -0.39 is 31.3 Å². The van der Waals surface area contributed by atoms with E-state index >= 15 is 0 Å². The Balaban J connectivity index is 1.22. The first-order chi connectivity index (χ1) is 21.1. The summed E-state index contributed by atoms with van der Waals surface area (Å²) in [6.07, 6.45) is 0.923. The monoisotopic (exact) mass is 635 g/mol. The Morgan fingerprint density at radius 2 is 1.86 bits per heavy atom. The maximum atomic E-state index is 14.0. The van der Waals surface area contributed by atoms with Crippen LogP contribution in [0, 0.1) is 11.8 Å². The third-order valence-electron chi connectivity index (χ3n) is 8.62. The van der Waals surface area contributed by atoms with Gasteiger partial charge >= 0.3 is 0 Å². The summed E-state index contributed by atoms with van der Waals surface area (Å²) >= 11 is 0. The number of amides is 1. The minimum atomic E-state index is -4.01. The van der Waals surface area contributed by atoms with Gasteiger partial charge in [0.05, 0.1) is 11.4 Å². The lowest BCUT2D eigenvalue weighted by molar-refractivity contribution is 0.0642. The first-order valence-electron chi connectivity index (χ1n) is 14.2. The van der Waals surface area contributed by atoms with Crippen LogP contribution in [-0.2, 0) is 22.0 Å². The van der Waals surface area contributed by atoms with Crippen LogP contribution in [-0.4, -0.2) is 70.7 Å². The summed E-state index contributed by atoms with van der Waals surface area (Å²) in [4.78, 5) is 15.1. The molecule has 3 aliphatic heterocycles. The van der Waals surface area contributed by atoms with Crippen molar-refractivity contribution in [2.75, 3.05) is 29.7 Å². The Hall–Kier alpha value is -3.93. The molecule has 1 atom stereocenters. The van der Waals surface area contributed by atoms with Crippen molar-refractivity contribution in [2.24, 2.45) is 15.9 Å². The maximum Gasteiger partial charge on any atom is 0.289 e. The van der Waals surface area contributed by atoms with Crippen LogP contribution >= 0.6 is 10.6 Å². The van der Waals surface area contributed by atoms with E-state index in [9.17, 15) is 22.3 Å². The van der Waals surface area contributed by atoms with Crippen molar-refractivity contribution in [3.8, 4) is 11.8 Å². The zero-order valence-corrected chi connectivity index (χ0v) is 25.6. The molecule has 1 aromatic heterocycles. The number of benzene rings is 2. The second kappa shape index (κ2) is 11.5. The second-order valence-electron chi connectivity index (χ2n) is 11.3. The molecule has 4 heterocycles. The van der Waals surface area contributed by atoms with E-state index in [4.69, 9.17) is 10.2 Å². The fourth-order valence-electron chi connectivity index (χ4n) is 6.22. The van der Waals surface area contributed by atoms with Crippen molar-refractivity contribution in [1.29, 1.82) is 0 Å². The van der Waals surface area contributed by atoms with Crippen molar-refractivity contribution in [2.45, 2.75) is 36.5 Å². The van der Waals surface area contributed by atoms with Gasteiger partial charge in [-0.2, -0.15) is 15.7 Å². The Morgan fingerprint density at radius 3 is 2.57 bits per heavy atom.